The quantitative estimate of drug-likeness (QED) is 0.845. The first kappa shape index (κ1) is 13.8. The van der Waals surface area contributed by atoms with Crippen LogP contribution in [0.15, 0.2) is 30.3 Å². The second-order valence-electron chi connectivity index (χ2n) is 5.74. The van der Waals surface area contributed by atoms with Gasteiger partial charge in [0.05, 0.1) is 0 Å². The molecule has 19 heavy (non-hydrogen) atoms. The summed E-state index contributed by atoms with van der Waals surface area (Å²) < 4.78 is 0. The van der Waals surface area contributed by atoms with Gasteiger partial charge >= 0.3 is 0 Å². The first-order valence-electron chi connectivity index (χ1n) is 6.93. The highest BCUT2D eigenvalue weighted by atomic mass is 16.2. The molecular weight excluding hydrogens is 238 g/mol. The maximum atomic E-state index is 12.2. The minimum absolute atomic E-state index is 0.115. The lowest BCUT2D eigenvalue weighted by Gasteiger charge is -2.40. The van der Waals surface area contributed by atoms with Crippen molar-refractivity contribution in [2.75, 3.05) is 0 Å². The number of carbonyl (C=O) groups excluding carboxylic acids is 2. The van der Waals surface area contributed by atoms with E-state index < -0.39 is 0 Å². The average molecular weight is 259 g/mol. The molecule has 1 aromatic rings. The Morgan fingerprint density at radius 1 is 1.26 bits per heavy atom. The van der Waals surface area contributed by atoms with Crippen molar-refractivity contribution in [1.29, 1.82) is 0 Å². The molecule has 3 nitrogen and oxygen atoms in total. The summed E-state index contributed by atoms with van der Waals surface area (Å²) in [6.07, 6.45) is 3.05. The van der Waals surface area contributed by atoms with Gasteiger partial charge in [-0.25, -0.2) is 0 Å². The topological polar surface area (TPSA) is 46.2 Å². The van der Waals surface area contributed by atoms with Gasteiger partial charge in [0.2, 0.25) is 11.8 Å². The van der Waals surface area contributed by atoms with Crippen molar-refractivity contribution >= 4 is 11.8 Å². The van der Waals surface area contributed by atoms with E-state index >= 15 is 0 Å². The number of piperidine rings is 1. The monoisotopic (exact) mass is 259 g/mol. The number of carbonyl (C=O) groups is 2. The number of benzene rings is 1. The molecule has 1 saturated heterocycles. The summed E-state index contributed by atoms with van der Waals surface area (Å²) in [6.45, 7) is 4.17. The van der Waals surface area contributed by atoms with Crippen LogP contribution in [-0.4, -0.2) is 11.8 Å². The molecule has 0 radical (unpaired) electrons. The van der Waals surface area contributed by atoms with Crippen molar-refractivity contribution in [1.82, 2.24) is 5.32 Å². The van der Waals surface area contributed by atoms with E-state index in [1.54, 1.807) is 0 Å². The van der Waals surface area contributed by atoms with Crippen LogP contribution in [0.1, 0.15) is 38.7 Å². The van der Waals surface area contributed by atoms with E-state index in [-0.39, 0.29) is 23.1 Å². The number of hydrogen-bond donors (Lipinski definition) is 1. The molecule has 1 heterocycles. The van der Waals surface area contributed by atoms with E-state index in [0.29, 0.717) is 12.8 Å². The summed E-state index contributed by atoms with van der Waals surface area (Å²) in [7, 11) is 0. The fourth-order valence-electron chi connectivity index (χ4n) is 3.10. The number of amides is 2. The Hall–Kier alpha value is -1.64. The third kappa shape index (κ3) is 3.03. The van der Waals surface area contributed by atoms with E-state index in [1.165, 1.54) is 0 Å². The number of nitrogens with one attached hydrogen (secondary N) is 1. The summed E-state index contributed by atoms with van der Waals surface area (Å²) in [5, 5.41) is 2.49. The molecule has 1 aromatic carbocycles. The van der Waals surface area contributed by atoms with Gasteiger partial charge in [-0.05, 0) is 23.8 Å². The molecule has 2 unspecified atom stereocenters. The van der Waals surface area contributed by atoms with Crippen molar-refractivity contribution < 1.29 is 9.59 Å². The molecule has 1 aliphatic heterocycles. The van der Waals surface area contributed by atoms with Crippen molar-refractivity contribution in [2.45, 2.75) is 39.5 Å². The van der Waals surface area contributed by atoms with Gasteiger partial charge in [0.1, 0.15) is 0 Å². The van der Waals surface area contributed by atoms with Crippen LogP contribution in [0.3, 0.4) is 0 Å². The molecule has 0 bridgehead atoms. The molecule has 0 aromatic heterocycles. The van der Waals surface area contributed by atoms with Gasteiger partial charge in [-0.15, -0.1) is 0 Å². The lowest BCUT2D eigenvalue weighted by Crippen LogP contribution is -2.51. The van der Waals surface area contributed by atoms with Crippen molar-refractivity contribution in [3.63, 3.8) is 0 Å². The summed E-state index contributed by atoms with van der Waals surface area (Å²) in [5.74, 6) is -0.367. The lowest BCUT2D eigenvalue weighted by molar-refractivity contribution is -0.143. The second kappa shape index (κ2) is 5.55. The SMILES string of the molecule is CCCC1(C)CC(=O)NC(=O)C1Cc1ccccc1. The number of hydrogen-bond acceptors (Lipinski definition) is 2. The van der Waals surface area contributed by atoms with Crippen molar-refractivity contribution in [2.24, 2.45) is 11.3 Å². The Labute approximate surface area is 114 Å². The Kier molecular flexibility index (Phi) is 4.03. The highest BCUT2D eigenvalue weighted by molar-refractivity contribution is 5.99. The van der Waals surface area contributed by atoms with E-state index in [0.717, 1.165) is 18.4 Å². The standard InChI is InChI=1S/C16H21NO2/c1-3-9-16(2)11-14(18)17-15(19)13(16)10-12-7-5-4-6-8-12/h4-8,13H,3,9-11H2,1-2H3,(H,17,18,19). The first-order chi connectivity index (χ1) is 9.05. The van der Waals surface area contributed by atoms with Crippen molar-refractivity contribution in [3.05, 3.63) is 35.9 Å². The van der Waals surface area contributed by atoms with E-state index in [4.69, 9.17) is 0 Å². The summed E-state index contributed by atoms with van der Waals surface area (Å²) in [6, 6.07) is 10.0. The molecule has 0 aliphatic carbocycles. The van der Waals surface area contributed by atoms with Gasteiger partial charge in [-0.2, -0.15) is 0 Å². The lowest BCUT2D eigenvalue weighted by atomic mass is 9.67. The number of rotatable bonds is 4. The fourth-order valence-corrected chi connectivity index (χ4v) is 3.10. The summed E-state index contributed by atoms with van der Waals surface area (Å²) in [4.78, 5) is 23.8. The third-order valence-corrected chi connectivity index (χ3v) is 4.09. The minimum atomic E-state index is -0.218. The average Bonchev–Trinajstić information content (AvgIpc) is 2.35. The smallest absolute Gasteiger partial charge is 0.230 e. The largest absolute Gasteiger partial charge is 0.296 e. The van der Waals surface area contributed by atoms with Crippen LogP contribution < -0.4 is 5.32 Å². The van der Waals surface area contributed by atoms with Gasteiger partial charge in [0.15, 0.2) is 0 Å². The Balaban J connectivity index is 2.23. The van der Waals surface area contributed by atoms with Crippen LogP contribution in [-0.2, 0) is 16.0 Å². The molecule has 0 saturated carbocycles. The zero-order valence-electron chi connectivity index (χ0n) is 11.6. The van der Waals surface area contributed by atoms with Crippen LogP contribution in [0.2, 0.25) is 0 Å². The molecule has 1 fully saturated rings. The Morgan fingerprint density at radius 3 is 2.58 bits per heavy atom. The predicted octanol–water partition coefficient (Wildman–Crippen LogP) is 2.70. The van der Waals surface area contributed by atoms with Gasteiger partial charge < -0.3 is 0 Å². The summed E-state index contributed by atoms with van der Waals surface area (Å²) >= 11 is 0. The maximum Gasteiger partial charge on any atom is 0.230 e. The normalized spacial score (nSPS) is 27.2. The molecule has 2 atom stereocenters. The van der Waals surface area contributed by atoms with Gasteiger partial charge in [0, 0.05) is 12.3 Å². The van der Waals surface area contributed by atoms with E-state index in [1.807, 2.05) is 30.3 Å². The van der Waals surface area contributed by atoms with Gasteiger partial charge in [0.25, 0.3) is 0 Å². The molecule has 102 valence electrons. The first-order valence-corrected chi connectivity index (χ1v) is 6.93. The Morgan fingerprint density at radius 2 is 1.95 bits per heavy atom. The van der Waals surface area contributed by atoms with Crippen LogP contribution in [0.4, 0.5) is 0 Å². The molecule has 1 N–H and O–H groups in total. The zero-order chi connectivity index (χ0) is 13.9. The predicted molar refractivity (Wildman–Crippen MR) is 74.4 cm³/mol. The molecule has 3 heteroatoms. The molecular formula is C16H21NO2. The van der Waals surface area contributed by atoms with E-state index in [2.05, 4.69) is 19.2 Å². The van der Waals surface area contributed by atoms with Crippen molar-refractivity contribution in [3.8, 4) is 0 Å². The fraction of sp³-hybridized carbons (Fsp3) is 0.500. The second-order valence-corrected chi connectivity index (χ2v) is 5.74. The van der Waals surface area contributed by atoms with Crippen LogP contribution in [0, 0.1) is 11.3 Å². The zero-order valence-corrected chi connectivity index (χ0v) is 11.6. The molecule has 0 spiro atoms. The highest BCUT2D eigenvalue weighted by Crippen LogP contribution is 2.40. The highest BCUT2D eigenvalue weighted by Gasteiger charge is 2.44. The molecule has 2 amide bonds. The van der Waals surface area contributed by atoms with Crippen LogP contribution in [0.5, 0.6) is 0 Å². The van der Waals surface area contributed by atoms with Gasteiger partial charge in [-0.1, -0.05) is 50.6 Å². The molecule has 2 rings (SSSR count). The third-order valence-electron chi connectivity index (χ3n) is 4.09. The number of imide groups is 1. The van der Waals surface area contributed by atoms with Gasteiger partial charge in [-0.3, -0.25) is 14.9 Å². The molecule has 1 aliphatic rings. The van der Waals surface area contributed by atoms with Crippen LogP contribution >= 0.6 is 0 Å². The van der Waals surface area contributed by atoms with E-state index in [9.17, 15) is 9.59 Å². The van der Waals surface area contributed by atoms with Crippen LogP contribution in [0.25, 0.3) is 0 Å². The Bertz CT molecular complexity index is 469. The maximum absolute atomic E-state index is 12.2. The minimum Gasteiger partial charge on any atom is -0.296 e. The summed E-state index contributed by atoms with van der Waals surface area (Å²) in [5.41, 5.74) is 0.934.